The van der Waals surface area contributed by atoms with E-state index in [2.05, 4.69) is 23.8 Å². The van der Waals surface area contributed by atoms with Gasteiger partial charge in [-0.25, -0.2) is 0 Å². The van der Waals surface area contributed by atoms with E-state index in [1.165, 1.54) is 0 Å². The summed E-state index contributed by atoms with van der Waals surface area (Å²) in [5.74, 6) is 8.66. The van der Waals surface area contributed by atoms with Gasteiger partial charge in [0.2, 0.25) is 0 Å². The maximum absolute atomic E-state index is 9.83. The van der Waals surface area contributed by atoms with Crippen molar-refractivity contribution in [1.82, 2.24) is 4.90 Å². The summed E-state index contributed by atoms with van der Waals surface area (Å²) in [7, 11) is 1.85. The van der Waals surface area contributed by atoms with Gasteiger partial charge in [-0.05, 0) is 25.7 Å². The van der Waals surface area contributed by atoms with Crippen molar-refractivity contribution in [2.45, 2.75) is 47.1 Å². The molecule has 0 heterocycles. The third kappa shape index (κ3) is 8.21. The van der Waals surface area contributed by atoms with Gasteiger partial charge in [0.1, 0.15) is 5.60 Å². The van der Waals surface area contributed by atoms with Gasteiger partial charge in [0.25, 0.3) is 0 Å². The van der Waals surface area contributed by atoms with Crippen molar-refractivity contribution in [3.8, 4) is 23.8 Å². The Morgan fingerprint density at radius 1 is 1.31 bits per heavy atom. The van der Waals surface area contributed by atoms with Gasteiger partial charge in [0.05, 0.1) is 6.54 Å². The average molecular weight is 223 g/mol. The Bertz CT molecular complexity index is 283. The Kier molecular flexibility index (Phi) is 9.86. The number of hydrogen-bond donors (Lipinski definition) is 1. The zero-order chi connectivity index (χ0) is 13.2. The maximum atomic E-state index is 9.83. The fourth-order valence-corrected chi connectivity index (χ4v) is 0.590. The molecule has 0 radical (unpaired) electrons. The highest BCUT2D eigenvalue weighted by Gasteiger charge is 2.21. The first-order chi connectivity index (χ1) is 7.40. The van der Waals surface area contributed by atoms with Crippen LogP contribution in [-0.4, -0.2) is 29.2 Å². The standard InChI is InChI=1S/C12H19NO.C2H6/c1-6-7-9-13(5)10-8-12(4,14)11(2)3;1-2/h11,14H,9H2,1-5H3;1-2H3. The molecular formula is C14H25NO. The van der Waals surface area contributed by atoms with E-state index < -0.39 is 5.60 Å². The second kappa shape index (κ2) is 9.13. The first-order valence-electron chi connectivity index (χ1n) is 5.76. The molecule has 0 aliphatic heterocycles. The van der Waals surface area contributed by atoms with Crippen LogP contribution in [0.25, 0.3) is 0 Å². The Balaban J connectivity index is 0. The molecule has 2 nitrogen and oxygen atoms in total. The Morgan fingerprint density at radius 3 is 2.19 bits per heavy atom. The summed E-state index contributed by atoms with van der Waals surface area (Å²) in [4.78, 5) is 1.77. The molecule has 0 amide bonds. The predicted octanol–water partition coefficient (Wildman–Crippen LogP) is 2.34. The second-order valence-electron chi connectivity index (χ2n) is 3.82. The van der Waals surface area contributed by atoms with Gasteiger partial charge in [-0.3, -0.25) is 0 Å². The van der Waals surface area contributed by atoms with E-state index in [9.17, 15) is 5.11 Å². The molecule has 0 fully saturated rings. The number of nitrogens with zero attached hydrogens (tertiary/aromatic N) is 1. The SMILES string of the molecule is CC.CC#CCN(C)C#CC(C)(O)C(C)C. The summed E-state index contributed by atoms with van der Waals surface area (Å²) in [5, 5.41) is 9.83. The molecular weight excluding hydrogens is 198 g/mol. The van der Waals surface area contributed by atoms with Gasteiger partial charge >= 0.3 is 0 Å². The van der Waals surface area contributed by atoms with Crippen molar-refractivity contribution in [3.05, 3.63) is 0 Å². The Labute approximate surface area is 101 Å². The average Bonchev–Trinajstić information content (AvgIpc) is 2.26. The van der Waals surface area contributed by atoms with Crippen LogP contribution in [0.15, 0.2) is 0 Å². The van der Waals surface area contributed by atoms with E-state index in [1.807, 2.05) is 34.7 Å². The highest BCUT2D eigenvalue weighted by atomic mass is 16.3. The van der Waals surface area contributed by atoms with Crippen molar-refractivity contribution in [2.24, 2.45) is 5.92 Å². The van der Waals surface area contributed by atoms with E-state index in [0.717, 1.165) is 0 Å². The van der Waals surface area contributed by atoms with Crippen molar-refractivity contribution in [1.29, 1.82) is 0 Å². The topological polar surface area (TPSA) is 23.5 Å². The van der Waals surface area contributed by atoms with Crippen LogP contribution in [0.1, 0.15) is 41.5 Å². The maximum Gasteiger partial charge on any atom is 0.126 e. The second-order valence-corrected chi connectivity index (χ2v) is 3.82. The molecule has 1 unspecified atom stereocenters. The van der Waals surface area contributed by atoms with Crippen LogP contribution < -0.4 is 0 Å². The molecule has 0 saturated heterocycles. The lowest BCUT2D eigenvalue weighted by Crippen LogP contribution is -2.29. The minimum Gasteiger partial charge on any atom is -0.378 e. The van der Waals surface area contributed by atoms with Crippen LogP contribution in [0.4, 0.5) is 0 Å². The molecule has 0 aromatic heterocycles. The van der Waals surface area contributed by atoms with Crippen LogP contribution >= 0.6 is 0 Å². The fraction of sp³-hybridized carbons (Fsp3) is 0.714. The Morgan fingerprint density at radius 2 is 1.81 bits per heavy atom. The summed E-state index contributed by atoms with van der Waals surface area (Å²) >= 11 is 0. The lowest BCUT2D eigenvalue weighted by molar-refractivity contribution is 0.0722. The molecule has 1 atom stereocenters. The van der Waals surface area contributed by atoms with Crippen molar-refractivity contribution in [3.63, 3.8) is 0 Å². The van der Waals surface area contributed by atoms with Crippen LogP contribution in [-0.2, 0) is 0 Å². The van der Waals surface area contributed by atoms with E-state index in [1.54, 1.807) is 18.7 Å². The summed E-state index contributed by atoms with van der Waals surface area (Å²) in [5.41, 5.74) is -0.923. The summed E-state index contributed by atoms with van der Waals surface area (Å²) < 4.78 is 0. The zero-order valence-corrected chi connectivity index (χ0v) is 11.7. The molecule has 0 aromatic rings. The highest BCUT2D eigenvalue weighted by molar-refractivity contribution is 5.13. The molecule has 0 aliphatic carbocycles. The quantitative estimate of drug-likeness (QED) is 0.574. The lowest BCUT2D eigenvalue weighted by Gasteiger charge is -2.21. The molecule has 0 rings (SSSR count). The lowest BCUT2D eigenvalue weighted by atomic mass is 9.94. The van der Waals surface area contributed by atoms with E-state index in [4.69, 9.17) is 0 Å². The van der Waals surface area contributed by atoms with Crippen LogP contribution in [0.5, 0.6) is 0 Å². The van der Waals surface area contributed by atoms with E-state index in [0.29, 0.717) is 6.54 Å². The van der Waals surface area contributed by atoms with Gasteiger partial charge in [0, 0.05) is 13.1 Å². The van der Waals surface area contributed by atoms with Crippen LogP contribution in [0, 0.1) is 29.7 Å². The predicted molar refractivity (Wildman–Crippen MR) is 70.7 cm³/mol. The number of aliphatic hydroxyl groups is 1. The summed E-state index contributed by atoms with van der Waals surface area (Å²) in [6.07, 6.45) is 0. The normalized spacial score (nSPS) is 12.1. The third-order valence-electron chi connectivity index (χ3n) is 2.12. The van der Waals surface area contributed by atoms with Crippen LogP contribution in [0.3, 0.4) is 0 Å². The van der Waals surface area contributed by atoms with Gasteiger partial charge in [-0.1, -0.05) is 33.6 Å². The largest absolute Gasteiger partial charge is 0.378 e. The number of hydrogen-bond acceptors (Lipinski definition) is 2. The summed E-state index contributed by atoms with van der Waals surface area (Å²) in [6, 6.07) is 2.87. The molecule has 92 valence electrons. The van der Waals surface area contributed by atoms with Gasteiger partial charge < -0.3 is 10.0 Å². The van der Waals surface area contributed by atoms with Crippen molar-refractivity contribution in [2.75, 3.05) is 13.6 Å². The molecule has 0 aromatic carbocycles. The van der Waals surface area contributed by atoms with Gasteiger partial charge in [0.15, 0.2) is 0 Å². The monoisotopic (exact) mass is 223 g/mol. The molecule has 2 heteroatoms. The Hall–Kier alpha value is -1.12. The van der Waals surface area contributed by atoms with E-state index >= 15 is 0 Å². The third-order valence-corrected chi connectivity index (χ3v) is 2.12. The molecule has 1 N–H and O–H groups in total. The molecule has 0 bridgehead atoms. The molecule has 16 heavy (non-hydrogen) atoms. The molecule has 0 aliphatic rings. The first kappa shape index (κ1) is 17.3. The van der Waals surface area contributed by atoms with Crippen molar-refractivity contribution >= 4 is 0 Å². The highest BCUT2D eigenvalue weighted by Crippen LogP contribution is 2.13. The van der Waals surface area contributed by atoms with E-state index in [-0.39, 0.29) is 5.92 Å². The molecule has 0 saturated carbocycles. The molecule has 0 spiro atoms. The van der Waals surface area contributed by atoms with Crippen molar-refractivity contribution < 1.29 is 5.11 Å². The first-order valence-corrected chi connectivity index (χ1v) is 5.76. The van der Waals surface area contributed by atoms with Gasteiger partial charge in [-0.15, -0.1) is 5.92 Å². The minimum absolute atomic E-state index is 0.126. The zero-order valence-electron chi connectivity index (χ0n) is 11.7. The minimum atomic E-state index is -0.923. The van der Waals surface area contributed by atoms with Gasteiger partial charge in [-0.2, -0.15) is 0 Å². The summed E-state index contributed by atoms with van der Waals surface area (Å²) in [6.45, 7) is 12.0. The number of rotatable bonds is 2. The fourth-order valence-electron chi connectivity index (χ4n) is 0.590. The van der Waals surface area contributed by atoms with Crippen LogP contribution in [0.2, 0.25) is 0 Å². The smallest absolute Gasteiger partial charge is 0.126 e.